The summed E-state index contributed by atoms with van der Waals surface area (Å²) < 4.78 is 6.07. The van der Waals surface area contributed by atoms with Crippen LogP contribution < -0.4 is 5.32 Å². The van der Waals surface area contributed by atoms with Crippen LogP contribution in [0.5, 0.6) is 0 Å². The second kappa shape index (κ2) is 5.91. The van der Waals surface area contributed by atoms with Crippen molar-refractivity contribution in [1.29, 1.82) is 0 Å². The largest absolute Gasteiger partial charge is 0.364 e. The number of likely N-dealkylation sites (tertiary alicyclic amines) is 1. The number of aromatic nitrogens is 1. The Bertz CT molecular complexity index is 557. The minimum absolute atomic E-state index is 0.113. The summed E-state index contributed by atoms with van der Waals surface area (Å²) in [6.45, 7) is 5.07. The normalized spacial score (nSPS) is 32.0. The molecule has 4 rings (SSSR count). The average Bonchev–Trinajstić information content (AvgIpc) is 3.07. The number of hydrogen-bond acceptors (Lipinski definition) is 5. The van der Waals surface area contributed by atoms with Crippen LogP contribution in [0.4, 0.5) is 0 Å². The van der Waals surface area contributed by atoms with Gasteiger partial charge in [-0.15, -0.1) is 11.3 Å². The first-order valence-electron chi connectivity index (χ1n) is 8.26. The van der Waals surface area contributed by atoms with Crippen molar-refractivity contribution < 1.29 is 9.53 Å². The van der Waals surface area contributed by atoms with Gasteiger partial charge in [0.05, 0.1) is 17.3 Å². The van der Waals surface area contributed by atoms with Crippen LogP contribution in [0.1, 0.15) is 36.3 Å². The molecule has 5 nitrogen and oxygen atoms in total. The number of fused-ring (bicyclic) bond motifs is 1. The molecule has 6 heteroatoms. The number of piperidine rings is 1. The van der Waals surface area contributed by atoms with E-state index in [0.29, 0.717) is 12.0 Å². The highest BCUT2D eigenvalue weighted by molar-refractivity contribution is 7.09. The number of rotatable bonds is 4. The van der Waals surface area contributed by atoms with E-state index in [1.54, 1.807) is 11.3 Å². The Labute approximate surface area is 135 Å². The SMILES string of the molecule is Cc1ncsc1CN1CC[C@H]2C[C@H](C(=O)NC3CC3)O[C@@H]2C1. The van der Waals surface area contributed by atoms with E-state index in [9.17, 15) is 4.79 Å². The molecular weight excluding hydrogens is 298 g/mol. The first-order chi connectivity index (χ1) is 10.7. The summed E-state index contributed by atoms with van der Waals surface area (Å²) in [6, 6.07) is 0.421. The van der Waals surface area contributed by atoms with Gasteiger partial charge in [-0.2, -0.15) is 0 Å². The lowest BCUT2D eigenvalue weighted by atomic mass is 9.91. The lowest BCUT2D eigenvalue weighted by Crippen LogP contribution is -2.42. The van der Waals surface area contributed by atoms with Gasteiger partial charge in [0.25, 0.3) is 0 Å². The molecule has 120 valence electrons. The molecule has 1 aliphatic carbocycles. The molecule has 1 N–H and O–H groups in total. The van der Waals surface area contributed by atoms with E-state index >= 15 is 0 Å². The number of ether oxygens (including phenoxy) is 1. The Morgan fingerprint density at radius 1 is 1.50 bits per heavy atom. The van der Waals surface area contributed by atoms with E-state index in [0.717, 1.165) is 51.0 Å². The zero-order valence-electron chi connectivity index (χ0n) is 13.0. The van der Waals surface area contributed by atoms with Gasteiger partial charge < -0.3 is 10.1 Å². The average molecular weight is 321 g/mol. The third-order valence-electron chi connectivity index (χ3n) is 5.06. The minimum atomic E-state index is -0.222. The Kier molecular flexibility index (Phi) is 3.92. The molecule has 1 saturated carbocycles. The number of nitrogens with one attached hydrogen (secondary N) is 1. The Morgan fingerprint density at radius 3 is 3.09 bits per heavy atom. The smallest absolute Gasteiger partial charge is 0.249 e. The topological polar surface area (TPSA) is 54.5 Å². The highest BCUT2D eigenvalue weighted by Crippen LogP contribution is 2.34. The van der Waals surface area contributed by atoms with Gasteiger partial charge in [-0.1, -0.05) is 0 Å². The van der Waals surface area contributed by atoms with E-state index in [4.69, 9.17) is 4.74 Å². The van der Waals surface area contributed by atoms with Gasteiger partial charge in [0.15, 0.2) is 0 Å². The maximum atomic E-state index is 12.2. The number of aryl methyl sites for hydroxylation is 1. The van der Waals surface area contributed by atoms with Crippen molar-refractivity contribution in [1.82, 2.24) is 15.2 Å². The molecule has 3 atom stereocenters. The molecule has 0 aromatic carbocycles. The minimum Gasteiger partial charge on any atom is -0.364 e. The first-order valence-corrected chi connectivity index (χ1v) is 9.14. The monoisotopic (exact) mass is 321 g/mol. The third-order valence-corrected chi connectivity index (χ3v) is 5.98. The number of thiazole rings is 1. The van der Waals surface area contributed by atoms with Gasteiger partial charge in [-0.05, 0) is 45.1 Å². The fourth-order valence-corrected chi connectivity index (χ4v) is 4.33. The molecule has 1 aromatic heterocycles. The number of carbonyl (C=O) groups is 1. The Balaban J connectivity index is 1.33. The molecule has 3 aliphatic rings. The summed E-state index contributed by atoms with van der Waals surface area (Å²) in [5, 5.41) is 3.08. The van der Waals surface area contributed by atoms with Crippen LogP contribution in [-0.2, 0) is 16.1 Å². The van der Waals surface area contributed by atoms with Crippen LogP contribution in [0, 0.1) is 12.8 Å². The van der Waals surface area contributed by atoms with Crippen molar-refractivity contribution in [2.45, 2.75) is 57.4 Å². The molecule has 3 heterocycles. The zero-order valence-corrected chi connectivity index (χ0v) is 13.8. The summed E-state index contributed by atoms with van der Waals surface area (Å²) >= 11 is 1.73. The maximum absolute atomic E-state index is 12.2. The summed E-state index contributed by atoms with van der Waals surface area (Å²) in [5.74, 6) is 0.663. The number of hydrogen-bond donors (Lipinski definition) is 1. The van der Waals surface area contributed by atoms with Gasteiger partial charge in [-0.3, -0.25) is 9.69 Å². The second-order valence-electron chi connectivity index (χ2n) is 6.83. The van der Waals surface area contributed by atoms with E-state index in [1.807, 2.05) is 5.51 Å². The molecule has 0 radical (unpaired) electrons. The number of carbonyl (C=O) groups excluding carboxylic acids is 1. The molecule has 22 heavy (non-hydrogen) atoms. The molecule has 0 unspecified atom stereocenters. The first kappa shape index (κ1) is 14.6. The van der Waals surface area contributed by atoms with E-state index in [1.165, 1.54) is 4.88 Å². The summed E-state index contributed by atoms with van der Waals surface area (Å²) in [7, 11) is 0. The second-order valence-corrected chi connectivity index (χ2v) is 7.77. The molecule has 0 spiro atoms. The fourth-order valence-electron chi connectivity index (χ4n) is 3.51. The number of amides is 1. The highest BCUT2D eigenvalue weighted by Gasteiger charge is 2.42. The van der Waals surface area contributed by atoms with Crippen LogP contribution in [0.2, 0.25) is 0 Å². The van der Waals surface area contributed by atoms with Crippen molar-refractivity contribution in [3.8, 4) is 0 Å². The predicted molar refractivity (Wildman–Crippen MR) is 84.7 cm³/mol. The Morgan fingerprint density at radius 2 is 2.36 bits per heavy atom. The van der Waals surface area contributed by atoms with Crippen molar-refractivity contribution in [3.05, 3.63) is 16.1 Å². The quantitative estimate of drug-likeness (QED) is 0.917. The van der Waals surface area contributed by atoms with Crippen LogP contribution in [0.15, 0.2) is 5.51 Å². The molecule has 2 aliphatic heterocycles. The van der Waals surface area contributed by atoms with Gasteiger partial charge in [-0.25, -0.2) is 4.98 Å². The van der Waals surface area contributed by atoms with E-state index in [-0.39, 0.29) is 18.1 Å². The van der Waals surface area contributed by atoms with Crippen LogP contribution in [-0.4, -0.2) is 47.1 Å². The van der Waals surface area contributed by atoms with Gasteiger partial charge in [0.2, 0.25) is 5.91 Å². The van der Waals surface area contributed by atoms with Crippen LogP contribution >= 0.6 is 11.3 Å². The maximum Gasteiger partial charge on any atom is 0.249 e. The fraction of sp³-hybridized carbons (Fsp3) is 0.750. The molecule has 1 amide bonds. The van der Waals surface area contributed by atoms with Crippen LogP contribution in [0.25, 0.3) is 0 Å². The lowest BCUT2D eigenvalue weighted by Gasteiger charge is -2.33. The molecule has 3 fully saturated rings. The zero-order chi connectivity index (χ0) is 15.1. The summed E-state index contributed by atoms with van der Waals surface area (Å²) in [5.41, 5.74) is 3.06. The van der Waals surface area contributed by atoms with E-state index < -0.39 is 0 Å². The van der Waals surface area contributed by atoms with Gasteiger partial charge in [0, 0.05) is 24.0 Å². The van der Waals surface area contributed by atoms with Crippen LogP contribution in [0.3, 0.4) is 0 Å². The third kappa shape index (κ3) is 3.05. The lowest BCUT2D eigenvalue weighted by molar-refractivity contribution is -0.133. The Hall–Kier alpha value is -0.980. The summed E-state index contributed by atoms with van der Waals surface area (Å²) in [6.07, 6.45) is 4.30. The van der Waals surface area contributed by atoms with E-state index in [2.05, 4.69) is 22.1 Å². The van der Waals surface area contributed by atoms with Gasteiger partial charge >= 0.3 is 0 Å². The molecule has 2 saturated heterocycles. The van der Waals surface area contributed by atoms with Crippen molar-refractivity contribution in [2.24, 2.45) is 5.92 Å². The molecule has 1 aromatic rings. The molecular formula is C16H23N3O2S. The van der Waals surface area contributed by atoms with Crippen molar-refractivity contribution >= 4 is 17.2 Å². The van der Waals surface area contributed by atoms with Crippen molar-refractivity contribution in [2.75, 3.05) is 13.1 Å². The molecule has 0 bridgehead atoms. The van der Waals surface area contributed by atoms with Crippen molar-refractivity contribution in [3.63, 3.8) is 0 Å². The van der Waals surface area contributed by atoms with Gasteiger partial charge in [0.1, 0.15) is 6.10 Å². The predicted octanol–water partition coefficient (Wildman–Crippen LogP) is 1.71. The highest BCUT2D eigenvalue weighted by atomic mass is 32.1. The standard InChI is InChI=1S/C16H23N3O2S/c1-10-15(22-9-17-10)8-19-5-4-11-6-13(21-14(11)7-19)16(20)18-12-2-3-12/h9,11-14H,2-8H2,1H3,(H,18,20)/t11-,13+,14+/m0/s1. The number of nitrogens with zero attached hydrogens (tertiary/aromatic N) is 2. The summed E-state index contributed by atoms with van der Waals surface area (Å²) in [4.78, 5) is 20.3.